The highest BCUT2D eigenvalue weighted by Crippen LogP contribution is 2.30. The molecule has 27 heavy (non-hydrogen) atoms. The van der Waals surface area contributed by atoms with Crippen molar-refractivity contribution in [2.45, 2.75) is 13.5 Å². The van der Waals surface area contributed by atoms with Gasteiger partial charge >= 0.3 is 0 Å². The molecule has 144 valence electrons. The van der Waals surface area contributed by atoms with Gasteiger partial charge in [-0.1, -0.05) is 24.3 Å². The zero-order valence-electron chi connectivity index (χ0n) is 15.6. The van der Waals surface area contributed by atoms with E-state index in [0.717, 1.165) is 21.1 Å². The Morgan fingerprint density at radius 1 is 1.19 bits per heavy atom. The molecule has 2 heterocycles. The van der Waals surface area contributed by atoms with Gasteiger partial charge in [-0.2, -0.15) is 0 Å². The second-order valence-corrected chi connectivity index (χ2v) is 7.55. The molecule has 1 aromatic carbocycles. The Morgan fingerprint density at radius 2 is 1.89 bits per heavy atom. The summed E-state index contributed by atoms with van der Waals surface area (Å²) in [7, 11) is 0. The lowest BCUT2D eigenvalue weighted by atomic mass is 10.2. The van der Waals surface area contributed by atoms with Crippen molar-refractivity contribution in [3.8, 4) is 0 Å². The monoisotopic (exact) mass is 432 g/mol. The molecule has 1 aliphatic heterocycles. The van der Waals surface area contributed by atoms with Gasteiger partial charge in [0.15, 0.2) is 0 Å². The molecule has 0 unspecified atom stereocenters. The van der Waals surface area contributed by atoms with Gasteiger partial charge in [-0.25, -0.2) is 0 Å². The average Bonchev–Trinajstić information content (AvgIpc) is 2.92. The maximum absolute atomic E-state index is 12.8. The molecule has 2 aromatic rings. The molecule has 0 aliphatic carbocycles. The lowest BCUT2D eigenvalue weighted by Gasteiger charge is -2.34. The van der Waals surface area contributed by atoms with Crippen molar-refractivity contribution >= 4 is 38.6 Å². The lowest BCUT2D eigenvalue weighted by Crippen LogP contribution is -2.51. The molecule has 2 amide bonds. The number of amides is 2. The third-order valence-electron chi connectivity index (χ3n) is 4.98. The normalized spacial score (nSPS) is 15.1. The van der Waals surface area contributed by atoms with Crippen LogP contribution in [0.5, 0.6) is 0 Å². The zero-order chi connectivity index (χ0) is 19.4. The van der Waals surface area contributed by atoms with Crippen molar-refractivity contribution in [3.63, 3.8) is 0 Å². The summed E-state index contributed by atoms with van der Waals surface area (Å²) in [5.41, 5.74) is 2.12. The standard InChI is InChI=1S/C20H25BrN4O2/c1-3-8-22-18(26)13-23-9-11-24(12-10-23)19(27)14-25-15(2)20(21)16-6-4-5-7-17(16)25/h3-7H,1,8-14H2,2H3,(H,22,26). The Balaban J connectivity index is 1.58. The van der Waals surface area contributed by atoms with Crippen LogP contribution in [0.3, 0.4) is 0 Å². The fourth-order valence-corrected chi connectivity index (χ4v) is 3.98. The van der Waals surface area contributed by atoms with Crippen LogP contribution in [-0.4, -0.2) is 65.4 Å². The minimum Gasteiger partial charge on any atom is -0.352 e. The Morgan fingerprint density at radius 3 is 2.59 bits per heavy atom. The first-order valence-electron chi connectivity index (χ1n) is 9.12. The molecule has 1 fully saturated rings. The Kier molecular flexibility index (Phi) is 6.34. The number of fused-ring (bicyclic) bond motifs is 1. The van der Waals surface area contributed by atoms with E-state index in [1.165, 1.54) is 0 Å². The fourth-order valence-electron chi connectivity index (χ4n) is 3.43. The number of piperazine rings is 1. The van der Waals surface area contributed by atoms with E-state index in [9.17, 15) is 9.59 Å². The molecule has 3 rings (SSSR count). The van der Waals surface area contributed by atoms with Gasteiger partial charge in [0.05, 0.1) is 6.54 Å². The van der Waals surface area contributed by atoms with Crippen LogP contribution in [0, 0.1) is 6.92 Å². The predicted molar refractivity (Wildman–Crippen MR) is 111 cm³/mol. The zero-order valence-corrected chi connectivity index (χ0v) is 17.2. The van der Waals surface area contributed by atoms with E-state index in [2.05, 4.69) is 43.4 Å². The van der Waals surface area contributed by atoms with Crippen LogP contribution in [0.15, 0.2) is 41.4 Å². The Bertz CT molecular complexity index is 853. The summed E-state index contributed by atoms with van der Waals surface area (Å²) >= 11 is 3.64. The third kappa shape index (κ3) is 4.42. The SMILES string of the molecule is C=CCNC(=O)CN1CCN(C(=O)Cn2c(C)c(Br)c3ccccc32)CC1. The predicted octanol–water partition coefficient (Wildman–Crippen LogP) is 2.16. The van der Waals surface area contributed by atoms with Crippen LogP contribution in [0.25, 0.3) is 10.9 Å². The summed E-state index contributed by atoms with van der Waals surface area (Å²) < 4.78 is 3.11. The van der Waals surface area contributed by atoms with Crippen molar-refractivity contribution in [1.29, 1.82) is 0 Å². The smallest absolute Gasteiger partial charge is 0.242 e. The molecule has 7 heteroatoms. The molecular weight excluding hydrogens is 408 g/mol. The van der Waals surface area contributed by atoms with Crippen molar-refractivity contribution in [3.05, 3.63) is 47.1 Å². The highest BCUT2D eigenvalue weighted by atomic mass is 79.9. The third-order valence-corrected chi connectivity index (χ3v) is 5.98. The van der Waals surface area contributed by atoms with E-state index in [1.807, 2.05) is 30.0 Å². The van der Waals surface area contributed by atoms with Crippen LogP contribution < -0.4 is 5.32 Å². The van der Waals surface area contributed by atoms with E-state index in [-0.39, 0.29) is 11.8 Å². The van der Waals surface area contributed by atoms with Gasteiger partial charge in [0, 0.05) is 53.8 Å². The van der Waals surface area contributed by atoms with Gasteiger partial charge in [0.1, 0.15) is 6.54 Å². The molecular formula is C20H25BrN4O2. The van der Waals surface area contributed by atoms with Gasteiger partial charge in [-0.05, 0) is 28.9 Å². The fraction of sp³-hybridized carbons (Fsp3) is 0.400. The largest absolute Gasteiger partial charge is 0.352 e. The Labute approximate surface area is 167 Å². The van der Waals surface area contributed by atoms with Gasteiger partial charge < -0.3 is 14.8 Å². The number of benzene rings is 1. The highest BCUT2D eigenvalue weighted by molar-refractivity contribution is 9.10. The molecule has 0 radical (unpaired) electrons. The van der Waals surface area contributed by atoms with E-state index in [1.54, 1.807) is 6.08 Å². The van der Waals surface area contributed by atoms with Gasteiger partial charge in [0.25, 0.3) is 0 Å². The number of hydrogen-bond acceptors (Lipinski definition) is 3. The van der Waals surface area contributed by atoms with Gasteiger partial charge in [-0.15, -0.1) is 6.58 Å². The quantitative estimate of drug-likeness (QED) is 0.711. The first-order chi connectivity index (χ1) is 13.0. The van der Waals surface area contributed by atoms with Crippen molar-refractivity contribution in [2.24, 2.45) is 0 Å². The van der Waals surface area contributed by atoms with E-state index < -0.39 is 0 Å². The highest BCUT2D eigenvalue weighted by Gasteiger charge is 2.23. The first kappa shape index (κ1) is 19.6. The van der Waals surface area contributed by atoms with Crippen molar-refractivity contribution in [2.75, 3.05) is 39.3 Å². The van der Waals surface area contributed by atoms with Crippen LogP contribution in [0.1, 0.15) is 5.69 Å². The molecule has 0 spiro atoms. The van der Waals surface area contributed by atoms with Crippen LogP contribution in [0.2, 0.25) is 0 Å². The number of halogens is 1. The van der Waals surface area contributed by atoms with Crippen molar-refractivity contribution < 1.29 is 9.59 Å². The second-order valence-electron chi connectivity index (χ2n) is 6.75. The number of hydrogen-bond donors (Lipinski definition) is 1. The molecule has 1 N–H and O–H groups in total. The summed E-state index contributed by atoms with van der Waals surface area (Å²) in [6, 6.07) is 8.10. The number of carbonyl (C=O) groups excluding carboxylic acids is 2. The summed E-state index contributed by atoms with van der Waals surface area (Å²) in [5, 5.41) is 3.91. The second kappa shape index (κ2) is 8.71. The molecule has 1 aliphatic rings. The number of nitrogens with one attached hydrogen (secondary N) is 1. The number of carbonyl (C=O) groups is 2. The lowest BCUT2D eigenvalue weighted by molar-refractivity contribution is -0.133. The molecule has 0 saturated carbocycles. The average molecular weight is 433 g/mol. The molecule has 1 saturated heterocycles. The number of aromatic nitrogens is 1. The minimum absolute atomic E-state index is 0.00559. The maximum Gasteiger partial charge on any atom is 0.242 e. The number of rotatable bonds is 6. The summed E-state index contributed by atoms with van der Waals surface area (Å²) in [6.07, 6.45) is 1.67. The molecule has 0 bridgehead atoms. The number of para-hydroxylation sites is 1. The number of nitrogens with zero attached hydrogens (tertiary/aromatic N) is 3. The van der Waals surface area contributed by atoms with Crippen LogP contribution in [-0.2, 0) is 16.1 Å². The van der Waals surface area contributed by atoms with Gasteiger partial charge in [-0.3, -0.25) is 14.5 Å². The van der Waals surface area contributed by atoms with Crippen LogP contribution >= 0.6 is 15.9 Å². The maximum atomic E-state index is 12.8. The summed E-state index contributed by atoms with van der Waals surface area (Å²) in [6.45, 7) is 9.51. The summed E-state index contributed by atoms with van der Waals surface area (Å²) in [4.78, 5) is 28.6. The molecule has 1 aromatic heterocycles. The van der Waals surface area contributed by atoms with E-state index in [4.69, 9.17) is 0 Å². The summed E-state index contributed by atoms with van der Waals surface area (Å²) in [5.74, 6) is 0.107. The minimum atomic E-state index is -0.00559. The van der Waals surface area contributed by atoms with Crippen molar-refractivity contribution in [1.82, 2.24) is 19.7 Å². The van der Waals surface area contributed by atoms with E-state index in [0.29, 0.717) is 45.8 Å². The van der Waals surface area contributed by atoms with Crippen LogP contribution in [0.4, 0.5) is 0 Å². The van der Waals surface area contributed by atoms with E-state index >= 15 is 0 Å². The Hall–Kier alpha value is -2.12. The topological polar surface area (TPSA) is 57.6 Å². The molecule has 6 nitrogen and oxygen atoms in total. The molecule has 0 atom stereocenters. The van der Waals surface area contributed by atoms with Gasteiger partial charge in [0.2, 0.25) is 11.8 Å². The first-order valence-corrected chi connectivity index (χ1v) is 9.91.